The first-order valence-corrected chi connectivity index (χ1v) is 17.7. The zero-order chi connectivity index (χ0) is 38.9. The van der Waals surface area contributed by atoms with Crippen LogP contribution < -0.4 is 0 Å². The molecular formula is C35H62O15. The molecule has 0 aliphatic rings. The molecule has 15 nitrogen and oxygen atoms in total. The average Bonchev–Trinajstić information content (AvgIpc) is 3.12. The molecule has 0 radical (unpaired) electrons. The maximum Gasteiger partial charge on any atom is 0.348 e. The number of aliphatic hydroxyl groups is 5. The zero-order valence-electron chi connectivity index (χ0n) is 31.3. The molecule has 0 aliphatic carbocycles. The molecule has 13 atom stereocenters. The Labute approximate surface area is 295 Å². The predicted octanol–water partition coefficient (Wildman–Crippen LogP) is 1.84. The number of ether oxygens (including phenoxy) is 5. The van der Waals surface area contributed by atoms with Gasteiger partial charge in [0.15, 0.2) is 6.10 Å². The highest BCUT2D eigenvalue weighted by Gasteiger charge is 2.42. The van der Waals surface area contributed by atoms with Crippen LogP contribution in [0.1, 0.15) is 101 Å². The number of rotatable bonds is 24. The van der Waals surface area contributed by atoms with Crippen molar-refractivity contribution in [1.29, 1.82) is 0 Å². The van der Waals surface area contributed by atoms with E-state index in [1.165, 1.54) is 0 Å². The van der Waals surface area contributed by atoms with Crippen LogP contribution in [0.3, 0.4) is 0 Å². The second-order valence-electron chi connectivity index (χ2n) is 13.2. The predicted molar refractivity (Wildman–Crippen MR) is 179 cm³/mol. The maximum atomic E-state index is 13.6. The summed E-state index contributed by atoms with van der Waals surface area (Å²) in [6, 6.07) is 0. The van der Waals surface area contributed by atoms with Gasteiger partial charge in [0.25, 0.3) is 0 Å². The molecule has 0 unspecified atom stereocenters. The van der Waals surface area contributed by atoms with Gasteiger partial charge in [-0.3, -0.25) is 0 Å². The highest BCUT2D eigenvalue weighted by atomic mass is 16.6. The third-order valence-electron chi connectivity index (χ3n) is 9.34. The monoisotopic (exact) mass is 722 g/mol. The summed E-state index contributed by atoms with van der Waals surface area (Å²) in [5, 5.41) is 48.7. The van der Waals surface area contributed by atoms with E-state index in [2.05, 4.69) is 0 Å². The van der Waals surface area contributed by atoms with Crippen LogP contribution in [-0.4, -0.2) is 117 Å². The lowest BCUT2D eigenvalue weighted by atomic mass is 9.98. The molecule has 50 heavy (non-hydrogen) atoms. The van der Waals surface area contributed by atoms with Crippen LogP contribution in [0.25, 0.3) is 0 Å². The molecule has 0 heterocycles. The summed E-state index contributed by atoms with van der Waals surface area (Å²) in [6.07, 6.45) is -10.8. The summed E-state index contributed by atoms with van der Waals surface area (Å²) in [4.78, 5) is 66.2. The smallest absolute Gasteiger partial charge is 0.348 e. The van der Waals surface area contributed by atoms with Gasteiger partial charge in [0.2, 0.25) is 24.4 Å². The Morgan fingerprint density at radius 1 is 0.460 bits per heavy atom. The Kier molecular flexibility index (Phi) is 22.2. The van der Waals surface area contributed by atoms with Crippen molar-refractivity contribution in [1.82, 2.24) is 0 Å². The molecular weight excluding hydrogens is 660 g/mol. The highest BCUT2D eigenvalue weighted by molar-refractivity contribution is 5.87. The minimum atomic E-state index is -1.82. The van der Waals surface area contributed by atoms with Gasteiger partial charge in [-0.25, -0.2) is 24.0 Å². The molecule has 0 fully saturated rings. The number of hydrogen-bond acceptors (Lipinski definition) is 15. The van der Waals surface area contributed by atoms with E-state index < -0.39 is 121 Å². The van der Waals surface area contributed by atoms with Gasteiger partial charge in [-0.2, -0.15) is 0 Å². The van der Waals surface area contributed by atoms with Crippen LogP contribution in [0.4, 0.5) is 0 Å². The summed E-state index contributed by atoms with van der Waals surface area (Å²) in [5.74, 6) is -8.01. The number of esters is 5. The van der Waals surface area contributed by atoms with E-state index in [4.69, 9.17) is 28.8 Å². The molecule has 15 heteroatoms. The molecule has 0 rings (SSSR count). The van der Waals surface area contributed by atoms with Crippen LogP contribution >= 0.6 is 0 Å². The zero-order valence-corrected chi connectivity index (χ0v) is 31.3. The van der Waals surface area contributed by atoms with Crippen molar-refractivity contribution in [3.63, 3.8) is 0 Å². The fourth-order valence-corrected chi connectivity index (χ4v) is 4.38. The van der Waals surface area contributed by atoms with Crippen LogP contribution in [0, 0.1) is 29.6 Å². The van der Waals surface area contributed by atoms with Gasteiger partial charge >= 0.3 is 29.8 Å². The van der Waals surface area contributed by atoms with Gasteiger partial charge in [-0.1, -0.05) is 75.7 Å². The van der Waals surface area contributed by atoms with Crippen molar-refractivity contribution < 1.29 is 73.2 Å². The second-order valence-corrected chi connectivity index (χ2v) is 13.2. The fourth-order valence-electron chi connectivity index (χ4n) is 4.38. The van der Waals surface area contributed by atoms with Crippen molar-refractivity contribution in [2.75, 3.05) is 13.2 Å². The van der Waals surface area contributed by atoms with Gasteiger partial charge in [-0.05, 0) is 31.6 Å². The highest BCUT2D eigenvalue weighted by Crippen LogP contribution is 2.24. The van der Waals surface area contributed by atoms with Crippen molar-refractivity contribution in [3.05, 3.63) is 0 Å². The van der Waals surface area contributed by atoms with Gasteiger partial charge in [0, 0.05) is 23.7 Å². The number of aliphatic hydroxyl groups excluding tert-OH is 5. The van der Waals surface area contributed by atoms with E-state index >= 15 is 0 Å². The average molecular weight is 723 g/mol. The summed E-state index contributed by atoms with van der Waals surface area (Å²) < 4.78 is 27.2. The van der Waals surface area contributed by atoms with Gasteiger partial charge in [-0.15, -0.1) is 0 Å². The van der Waals surface area contributed by atoms with E-state index in [1.54, 1.807) is 69.2 Å². The Bertz CT molecular complexity index is 1050. The summed E-state index contributed by atoms with van der Waals surface area (Å²) in [6.45, 7) is 15.3. The Morgan fingerprint density at radius 2 is 0.760 bits per heavy atom. The van der Waals surface area contributed by atoms with Crippen LogP contribution in [-0.2, 0) is 47.7 Å². The Morgan fingerprint density at radius 3 is 1.06 bits per heavy atom. The molecule has 292 valence electrons. The fraction of sp³-hybridized carbons (Fsp3) is 0.857. The van der Waals surface area contributed by atoms with E-state index in [1.807, 2.05) is 0 Å². The summed E-state index contributed by atoms with van der Waals surface area (Å²) >= 11 is 0. The SMILES string of the molecule is CC[C@H](C)[C@@H](O)C(=O)O[C@@H](C(=O)O[C@@H](C(=O)O[C@@H](C(=O)O[C@@H](C(=O)OC[C@@H](O)[C@@H](O)[C@H](O)CO)[C@@H](C)CC)[C@@H](C)CC)[C@@H](C)CC)[C@@H](C)CC. The molecule has 0 aliphatic heterocycles. The minimum Gasteiger partial charge on any atom is -0.460 e. The molecule has 5 N–H and O–H groups in total. The molecule has 0 aromatic heterocycles. The van der Waals surface area contributed by atoms with Crippen LogP contribution in [0.15, 0.2) is 0 Å². The van der Waals surface area contributed by atoms with E-state index in [-0.39, 0.29) is 0 Å². The van der Waals surface area contributed by atoms with E-state index in [0.29, 0.717) is 32.1 Å². The molecule has 0 saturated heterocycles. The topological polar surface area (TPSA) is 233 Å². The maximum absolute atomic E-state index is 13.6. The molecule has 0 aromatic rings. The minimum absolute atomic E-state index is 0.334. The van der Waals surface area contributed by atoms with E-state index in [0.717, 1.165) is 0 Å². The second kappa shape index (κ2) is 23.6. The summed E-state index contributed by atoms with van der Waals surface area (Å²) in [7, 11) is 0. The summed E-state index contributed by atoms with van der Waals surface area (Å²) in [5.41, 5.74) is 0. The normalized spacial score (nSPS) is 19.4. The van der Waals surface area contributed by atoms with Gasteiger partial charge < -0.3 is 49.2 Å². The van der Waals surface area contributed by atoms with Gasteiger partial charge in [0.1, 0.15) is 24.9 Å². The van der Waals surface area contributed by atoms with Crippen molar-refractivity contribution in [3.8, 4) is 0 Å². The first-order valence-electron chi connectivity index (χ1n) is 17.7. The Balaban J connectivity index is 6.15. The molecule has 0 bridgehead atoms. The molecule has 0 aromatic carbocycles. The largest absolute Gasteiger partial charge is 0.460 e. The third kappa shape index (κ3) is 14.4. The van der Waals surface area contributed by atoms with E-state index in [9.17, 15) is 44.4 Å². The lowest BCUT2D eigenvalue weighted by Gasteiger charge is -2.30. The molecule has 0 spiro atoms. The first kappa shape index (κ1) is 47.1. The lowest BCUT2D eigenvalue weighted by molar-refractivity contribution is -0.196. The van der Waals surface area contributed by atoms with Gasteiger partial charge in [0.05, 0.1) is 6.61 Å². The van der Waals surface area contributed by atoms with Crippen molar-refractivity contribution in [2.24, 2.45) is 29.6 Å². The quantitative estimate of drug-likeness (QED) is 0.0707. The molecule has 0 saturated carbocycles. The Hall–Kier alpha value is -2.85. The van der Waals surface area contributed by atoms with Crippen LogP contribution in [0.2, 0.25) is 0 Å². The van der Waals surface area contributed by atoms with Crippen LogP contribution in [0.5, 0.6) is 0 Å². The first-order chi connectivity index (χ1) is 23.4. The van der Waals surface area contributed by atoms with Crippen molar-refractivity contribution in [2.45, 2.75) is 150 Å². The lowest BCUT2D eigenvalue weighted by Crippen LogP contribution is -2.47. The van der Waals surface area contributed by atoms with Crippen molar-refractivity contribution >= 4 is 29.8 Å². The molecule has 0 amide bonds. The standard InChI is InChI=1S/C35H62O15/c1-11-18(6)25(39)31(41)47-28(20(8)13-3)33(43)49-30(22(10)15-5)35(45)50-29(21(9)14-4)34(44)48-27(19(7)12-2)32(42)46-17-24(38)26(40)23(37)16-36/h18-30,36-40H,11-17H2,1-10H3/t18-,19-,20-,21-,22-,23+,24+,25+,26-,27+,28+,29+,30+/m0/s1. The third-order valence-corrected chi connectivity index (χ3v) is 9.34. The number of carbonyl (C=O) groups excluding carboxylic acids is 5. The number of hydrogen-bond donors (Lipinski definition) is 5. The number of carbonyl (C=O) groups is 5.